The fourth-order valence-electron chi connectivity index (χ4n) is 2.05. The third-order valence-electron chi connectivity index (χ3n) is 3.38. The maximum Gasteiger partial charge on any atom is 0.433 e. The summed E-state index contributed by atoms with van der Waals surface area (Å²) in [5, 5.41) is 1.96. The summed E-state index contributed by atoms with van der Waals surface area (Å²) in [7, 11) is 1.41. The van der Waals surface area contributed by atoms with Gasteiger partial charge in [0.15, 0.2) is 5.16 Å². The van der Waals surface area contributed by atoms with Crippen LogP contribution in [-0.2, 0) is 21.9 Å². The number of ether oxygens (including phenoxy) is 2. The number of nitrogens with zero attached hydrogens (tertiary/aromatic N) is 2. The number of rotatable bonds is 8. The number of thioether (sulfide) groups is 1. The van der Waals surface area contributed by atoms with Crippen molar-refractivity contribution in [3.05, 3.63) is 41.7 Å². The van der Waals surface area contributed by atoms with Gasteiger partial charge in [-0.2, -0.15) is 26.3 Å². The summed E-state index contributed by atoms with van der Waals surface area (Å²) in [4.78, 5) is 19.1. The van der Waals surface area contributed by atoms with Crippen LogP contribution in [0.4, 0.5) is 32.0 Å². The van der Waals surface area contributed by atoms with Gasteiger partial charge >= 0.3 is 12.4 Å². The molecule has 6 nitrogen and oxygen atoms in total. The summed E-state index contributed by atoms with van der Waals surface area (Å²) >= 11 is 0.598. The van der Waals surface area contributed by atoms with Crippen molar-refractivity contribution in [3.8, 4) is 5.75 Å². The van der Waals surface area contributed by atoms with Crippen LogP contribution in [0.15, 0.2) is 35.6 Å². The smallest absolute Gasteiger partial charge is 0.433 e. The molecule has 0 radical (unpaired) electrons. The Morgan fingerprint density at radius 2 is 1.83 bits per heavy atom. The lowest BCUT2D eigenvalue weighted by Gasteiger charge is -2.15. The molecule has 164 valence electrons. The molecular weight excluding hydrogens is 440 g/mol. The van der Waals surface area contributed by atoms with Crippen LogP contribution in [0, 0.1) is 0 Å². The quantitative estimate of drug-likeness (QED) is 0.277. The predicted octanol–water partition coefficient (Wildman–Crippen LogP) is 4.27. The van der Waals surface area contributed by atoms with Crippen molar-refractivity contribution in [1.29, 1.82) is 0 Å². The Morgan fingerprint density at radius 3 is 2.47 bits per heavy atom. The Morgan fingerprint density at radius 1 is 1.10 bits per heavy atom. The van der Waals surface area contributed by atoms with E-state index >= 15 is 0 Å². The second-order valence-electron chi connectivity index (χ2n) is 5.61. The number of methoxy groups -OCH3 is 1. The van der Waals surface area contributed by atoms with Crippen LogP contribution in [-0.4, -0.2) is 42.0 Å². The van der Waals surface area contributed by atoms with Crippen molar-refractivity contribution in [2.24, 2.45) is 0 Å². The normalized spacial score (nSPS) is 12.0. The van der Waals surface area contributed by atoms with Gasteiger partial charge in [-0.3, -0.25) is 4.79 Å². The van der Waals surface area contributed by atoms with E-state index in [1.807, 2.05) is 0 Å². The molecule has 0 saturated carbocycles. The first-order chi connectivity index (χ1) is 14.0. The van der Waals surface area contributed by atoms with E-state index in [4.69, 9.17) is 9.47 Å². The number of carbonyl (C=O) groups excluding carboxylic acids is 1. The molecule has 0 spiro atoms. The first kappa shape index (κ1) is 23.7. The molecule has 2 rings (SSSR count). The van der Waals surface area contributed by atoms with E-state index < -0.39 is 35.3 Å². The number of hydrogen-bond donors (Lipinski definition) is 1. The van der Waals surface area contributed by atoms with Crippen molar-refractivity contribution in [2.45, 2.75) is 17.5 Å². The highest BCUT2D eigenvalue weighted by molar-refractivity contribution is 7.99. The molecule has 0 atom stereocenters. The Hall–Kier alpha value is -2.54. The van der Waals surface area contributed by atoms with Gasteiger partial charge in [-0.25, -0.2) is 9.97 Å². The zero-order valence-corrected chi connectivity index (χ0v) is 16.1. The zero-order valence-electron chi connectivity index (χ0n) is 15.3. The van der Waals surface area contributed by atoms with E-state index in [0.29, 0.717) is 23.9 Å². The van der Waals surface area contributed by atoms with Gasteiger partial charge in [0, 0.05) is 13.3 Å². The standard InChI is InChI=1S/C17H15F6N3O3S/c1-28-6-7-29-12-3-2-10(16(18,19)20)8-11(12)25-14(27)9-30-15-24-5-4-13(26-15)17(21,22)23/h2-5,8H,6-7,9H2,1H3,(H,25,27). The Bertz CT molecular complexity index is 877. The van der Waals surface area contributed by atoms with Crippen LogP contribution in [0.25, 0.3) is 0 Å². The summed E-state index contributed by atoms with van der Waals surface area (Å²) in [6.45, 7) is 0.189. The van der Waals surface area contributed by atoms with Crippen molar-refractivity contribution in [1.82, 2.24) is 9.97 Å². The van der Waals surface area contributed by atoms with Gasteiger partial charge in [0.05, 0.1) is 23.6 Å². The minimum atomic E-state index is -4.67. The predicted molar refractivity (Wildman–Crippen MR) is 95.2 cm³/mol. The number of alkyl halides is 6. The summed E-state index contributed by atoms with van der Waals surface area (Å²) in [5.41, 5.74) is -2.42. The number of nitrogens with one attached hydrogen (secondary N) is 1. The Labute approximate surface area is 171 Å². The monoisotopic (exact) mass is 455 g/mol. The van der Waals surface area contributed by atoms with E-state index in [0.717, 1.165) is 18.3 Å². The number of anilines is 1. The SMILES string of the molecule is COCCOc1ccc(C(F)(F)F)cc1NC(=O)CSc1nccc(C(F)(F)F)n1. The van der Waals surface area contributed by atoms with Crippen molar-refractivity contribution in [3.63, 3.8) is 0 Å². The highest BCUT2D eigenvalue weighted by Gasteiger charge is 2.33. The highest BCUT2D eigenvalue weighted by Crippen LogP contribution is 2.35. The molecule has 0 saturated heterocycles. The second kappa shape index (κ2) is 9.98. The minimum absolute atomic E-state index is 0.0197. The molecule has 1 N–H and O–H groups in total. The molecule has 13 heteroatoms. The van der Waals surface area contributed by atoms with Crippen LogP contribution in [0.1, 0.15) is 11.3 Å². The highest BCUT2D eigenvalue weighted by atomic mass is 32.2. The topological polar surface area (TPSA) is 73.3 Å². The van der Waals surface area contributed by atoms with E-state index in [1.165, 1.54) is 7.11 Å². The first-order valence-electron chi connectivity index (χ1n) is 8.16. The molecule has 1 aromatic heterocycles. The molecule has 1 heterocycles. The van der Waals surface area contributed by atoms with Crippen LogP contribution in [0.5, 0.6) is 5.75 Å². The summed E-state index contributed by atoms with van der Waals surface area (Å²) in [6.07, 6.45) is -8.43. The fraction of sp³-hybridized carbons (Fsp3) is 0.353. The first-order valence-corrected chi connectivity index (χ1v) is 9.15. The van der Waals surface area contributed by atoms with Crippen LogP contribution >= 0.6 is 11.8 Å². The summed E-state index contributed by atoms with van der Waals surface area (Å²) in [5.74, 6) is -1.24. The van der Waals surface area contributed by atoms with Crippen molar-refractivity contribution >= 4 is 23.4 Å². The van der Waals surface area contributed by atoms with Crippen LogP contribution in [0.3, 0.4) is 0 Å². The van der Waals surface area contributed by atoms with E-state index in [-0.39, 0.29) is 29.8 Å². The van der Waals surface area contributed by atoms with Gasteiger partial charge in [-0.15, -0.1) is 0 Å². The third kappa shape index (κ3) is 7.06. The van der Waals surface area contributed by atoms with E-state index in [2.05, 4.69) is 15.3 Å². The molecule has 0 aliphatic carbocycles. The lowest BCUT2D eigenvalue weighted by atomic mass is 10.1. The molecule has 1 amide bonds. The molecule has 0 unspecified atom stereocenters. The molecule has 1 aromatic carbocycles. The van der Waals surface area contributed by atoms with Gasteiger partial charge in [-0.05, 0) is 24.3 Å². The molecule has 0 bridgehead atoms. The average molecular weight is 455 g/mol. The molecule has 30 heavy (non-hydrogen) atoms. The number of benzene rings is 1. The van der Waals surface area contributed by atoms with Gasteiger partial charge < -0.3 is 14.8 Å². The summed E-state index contributed by atoms with van der Waals surface area (Å²) in [6, 6.07) is 3.22. The molecule has 0 fully saturated rings. The van der Waals surface area contributed by atoms with Crippen molar-refractivity contribution in [2.75, 3.05) is 31.4 Å². The number of hydrogen-bond acceptors (Lipinski definition) is 6. The number of halogens is 6. The maximum absolute atomic E-state index is 13.0. The Kier molecular flexibility index (Phi) is 7.89. The molecular formula is C17H15F6N3O3S. The van der Waals surface area contributed by atoms with Crippen molar-refractivity contribution < 1.29 is 40.6 Å². The second-order valence-corrected chi connectivity index (χ2v) is 6.55. The lowest BCUT2D eigenvalue weighted by molar-refractivity contribution is -0.141. The zero-order chi connectivity index (χ0) is 22.4. The Balaban J connectivity index is 2.10. The van der Waals surface area contributed by atoms with Gasteiger partial charge in [0.25, 0.3) is 0 Å². The largest absolute Gasteiger partial charge is 0.489 e. The van der Waals surface area contributed by atoms with E-state index in [9.17, 15) is 31.1 Å². The van der Waals surface area contributed by atoms with Crippen LogP contribution < -0.4 is 10.1 Å². The van der Waals surface area contributed by atoms with Gasteiger partial charge in [0.2, 0.25) is 5.91 Å². The molecule has 0 aliphatic heterocycles. The van der Waals surface area contributed by atoms with Gasteiger partial charge in [0.1, 0.15) is 18.1 Å². The third-order valence-corrected chi connectivity index (χ3v) is 4.24. The molecule has 2 aromatic rings. The number of carbonyl (C=O) groups is 1. The van der Waals surface area contributed by atoms with Crippen LogP contribution in [0.2, 0.25) is 0 Å². The fourth-order valence-corrected chi connectivity index (χ4v) is 2.68. The molecule has 0 aliphatic rings. The summed E-state index contributed by atoms with van der Waals surface area (Å²) < 4.78 is 87.0. The van der Waals surface area contributed by atoms with E-state index in [1.54, 1.807) is 0 Å². The lowest BCUT2D eigenvalue weighted by Crippen LogP contribution is -2.17. The maximum atomic E-state index is 13.0. The average Bonchev–Trinajstić information content (AvgIpc) is 2.66. The van der Waals surface area contributed by atoms with Gasteiger partial charge in [-0.1, -0.05) is 11.8 Å². The number of aromatic nitrogens is 2. The number of amides is 1. The minimum Gasteiger partial charge on any atom is -0.489 e.